The van der Waals surface area contributed by atoms with Gasteiger partial charge in [-0.1, -0.05) is 19.8 Å². The van der Waals surface area contributed by atoms with Crippen LogP contribution in [0.25, 0.3) is 0 Å². The maximum Gasteiger partial charge on any atom is 0.226 e. The van der Waals surface area contributed by atoms with Crippen LogP contribution in [0, 0.1) is 5.92 Å². The Kier molecular flexibility index (Phi) is 6.65. The van der Waals surface area contributed by atoms with Crippen molar-refractivity contribution in [2.75, 3.05) is 40.8 Å². The third-order valence-electron chi connectivity index (χ3n) is 3.77. The zero-order valence-electron chi connectivity index (χ0n) is 12.4. The molecule has 0 aliphatic heterocycles. The number of carbonyl (C=O) groups excluding carboxylic acids is 1. The minimum Gasteiger partial charge on any atom is -0.338 e. The van der Waals surface area contributed by atoms with Crippen molar-refractivity contribution in [3.63, 3.8) is 0 Å². The van der Waals surface area contributed by atoms with E-state index in [2.05, 4.69) is 29.2 Å². The smallest absolute Gasteiger partial charge is 0.226 e. The molecule has 1 aliphatic carbocycles. The van der Waals surface area contributed by atoms with Crippen LogP contribution in [-0.4, -0.2) is 62.5 Å². The summed E-state index contributed by atoms with van der Waals surface area (Å²) in [5.74, 6) is 0.399. The molecule has 0 aromatic rings. The third-order valence-corrected chi connectivity index (χ3v) is 3.77. The second-order valence-corrected chi connectivity index (χ2v) is 5.73. The van der Waals surface area contributed by atoms with Gasteiger partial charge in [-0.15, -0.1) is 0 Å². The maximum atomic E-state index is 12.5. The van der Waals surface area contributed by atoms with E-state index in [1.807, 2.05) is 14.0 Å². The molecule has 18 heavy (non-hydrogen) atoms. The summed E-state index contributed by atoms with van der Waals surface area (Å²) in [6.07, 6.45) is 4.92. The summed E-state index contributed by atoms with van der Waals surface area (Å²) < 4.78 is 0. The van der Waals surface area contributed by atoms with E-state index in [0.717, 1.165) is 19.6 Å². The van der Waals surface area contributed by atoms with E-state index in [1.165, 1.54) is 25.7 Å². The van der Waals surface area contributed by atoms with E-state index in [4.69, 9.17) is 0 Å². The maximum absolute atomic E-state index is 12.5. The van der Waals surface area contributed by atoms with Crippen molar-refractivity contribution < 1.29 is 4.79 Å². The van der Waals surface area contributed by atoms with Gasteiger partial charge in [0.2, 0.25) is 5.91 Å². The van der Waals surface area contributed by atoms with Gasteiger partial charge < -0.3 is 15.1 Å². The average molecular weight is 255 g/mol. The molecule has 1 N–H and O–H groups in total. The lowest BCUT2D eigenvalue weighted by Gasteiger charge is -2.32. The van der Waals surface area contributed by atoms with Crippen LogP contribution < -0.4 is 5.32 Å². The molecule has 0 radical (unpaired) electrons. The van der Waals surface area contributed by atoms with Crippen LogP contribution in [0.3, 0.4) is 0 Å². The molecule has 1 amide bonds. The first-order valence-corrected chi connectivity index (χ1v) is 7.16. The highest BCUT2D eigenvalue weighted by Gasteiger charge is 2.28. The van der Waals surface area contributed by atoms with Crippen LogP contribution in [0.5, 0.6) is 0 Å². The van der Waals surface area contributed by atoms with E-state index in [9.17, 15) is 4.79 Å². The van der Waals surface area contributed by atoms with Crippen molar-refractivity contribution in [1.82, 2.24) is 15.1 Å². The zero-order chi connectivity index (χ0) is 13.5. The van der Waals surface area contributed by atoms with Gasteiger partial charge in [0.1, 0.15) is 0 Å². The molecule has 1 aliphatic rings. The van der Waals surface area contributed by atoms with Gasteiger partial charge >= 0.3 is 0 Å². The molecule has 1 atom stereocenters. The predicted molar refractivity (Wildman–Crippen MR) is 75.6 cm³/mol. The van der Waals surface area contributed by atoms with E-state index < -0.39 is 0 Å². The quantitative estimate of drug-likeness (QED) is 0.742. The first kappa shape index (κ1) is 15.4. The Bertz CT molecular complexity index is 249. The van der Waals surface area contributed by atoms with Crippen molar-refractivity contribution in [3.8, 4) is 0 Å². The Hall–Kier alpha value is -0.610. The fourth-order valence-electron chi connectivity index (χ4n) is 2.67. The summed E-state index contributed by atoms with van der Waals surface area (Å²) in [6, 6.07) is 0.483. The number of likely N-dealkylation sites (N-methyl/N-ethyl adjacent to an activating group) is 1. The molecule has 106 valence electrons. The van der Waals surface area contributed by atoms with Crippen LogP contribution in [0.1, 0.15) is 32.6 Å². The largest absolute Gasteiger partial charge is 0.338 e. The molecule has 0 heterocycles. The highest BCUT2D eigenvalue weighted by atomic mass is 16.2. The van der Waals surface area contributed by atoms with Gasteiger partial charge in [0, 0.05) is 31.6 Å². The summed E-state index contributed by atoms with van der Waals surface area (Å²) in [4.78, 5) is 16.8. The highest BCUT2D eigenvalue weighted by molar-refractivity contribution is 5.79. The van der Waals surface area contributed by atoms with E-state index in [0.29, 0.717) is 11.9 Å². The van der Waals surface area contributed by atoms with E-state index >= 15 is 0 Å². The number of hydrogen-bond acceptors (Lipinski definition) is 3. The third kappa shape index (κ3) is 4.58. The fourth-order valence-corrected chi connectivity index (χ4v) is 2.67. The van der Waals surface area contributed by atoms with Gasteiger partial charge in [-0.25, -0.2) is 0 Å². The summed E-state index contributed by atoms with van der Waals surface area (Å²) in [5.41, 5.74) is 0. The summed E-state index contributed by atoms with van der Waals surface area (Å²) in [5, 5.41) is 3.10. The Morgan fingerprint density at radius 1 is 1.28 bits per heavy atom. The zero-order valence-corrected chi connectivity index (χ0v) is 12.4. The van der Waals surface area contributed by atoms with Crippen molar-refractivity contribution in [2.45, 2.75) is 38.6 Å². The first-order valence-electron chi connectivity index (χ1n) is 7.16. The minimum atomic E-state index is 0.0813. The van der Waals surface area contributed by atoms with Crippen LogP contribution >= 0.6 is 0 Å². The summed E-state index contributed by atoms with van der Waals surface area (Å²) in [6.45, 7) is 4.61. The van der Waals surface area contributed by atoms with Crippen LogP contribution in [0.4, 0.5) is 0 Å². The highest BCUT2D eigenvalue weighted by Crippen LogP contribution is 2.24. The minimum absolute atomic E-state index is 0.0813. The molecule has 0 spiro atoms. The van der Waals surface area contributed by atoms with Gasteiger partial charge in [-0.3, -0.25) is 4.79 Å². The van der Waals surface area contributed by atoms with Gasteiger partial charge in [0.25, 0.3) is 0 Å². The molecule has 0 saturated heterocycles. The summed E-state index contributed by atoms with van der Waals surface area (Å²) >= 11 is 0. The molecular formula is C14H29N3O. The fraction of sp³-hybridized carbons (Fsp3) is 0.929. The predicted octanol–water partition coefficient (Wildman–Crippen LogP) is 1.17. The molecule has 4 heteroatoms. The molecule has 1 unspecified atom stereocenters. The Morgan fingerprint density at radius 2 is 1.89 bits per heavy atom. The lowest BCUT2D eigenvalue weighted by molar-refractivity contribution is -0.137. The summed E-state index contributed by atoms with van der Waals surface area (Å²) in [7, 11) is 6.03. The number of nitrogens with zero attached hydrogens (tertiary/aromatic N) is 2. The molecule has 0 bridgehead atoms. The molecule has 4 nitrogen and oxygen atoms in total. The first-order chi connectivity index (χ1) is 8.56. The van der Waals surface area contributed by atoms with Crippen LogP contribution in [0.15, 0.2) is 0 Å². The van der Waals surface area contributed by atoms with Gasteiger partial charge in [-0.2, -0.15) is 0 Å². The Labute approximate surface area is 112 Å². The lowest BCUT2D eigenvalue weighted by Crippen LogP contribution is -2.46. The molecule has 1 fully saturated rings. The van der Waals surface area contributed by atoms with Crippen molar-refractivity contribution in [2.24, 2.45) is 5.92 Å². The van der Waals surface area contributed by atoms with Crippen molar-refractivity contribution in [1.29, 1.82) is 0 Å². The van der Waals surface area contributed by atoms with Gasteiger partial charge in [-0.05, 0) is 34.0 Å². The molecule has 1 rings (SSSR count). The number of nitrogens with one attached hydrogen (secondary N) is 1. The monoisotopic (exact) mass is 255 g/mol. The SMILES string of the molecule is CNCC(C)C(=O)N(CCN(C)C)C1CCCC1. The van der Waals surface area contributed by atoms with Crippen molar-refractivity contribution >= 4 is 5.91 Å². The second kappa shape index (κ2) is 7.74. The molecule has 0 aromatic carbocycles. The molecule has 1 saturated carbocycles. The standard InChI is InChI=1S/C14H29N3O/c1-12(11-15-2)14(18)17(10-9-16(3)4)13-7-5-6-8-13/h12-13,15H,5-11H2,1-4H3. The lowest BCUT2D eigenvalue weighted by atomic mass is 10.1. The Morgan fingerprint density at radius 3 is 2.39 bits per heavy atom. The van der Waals surface area contributed by atoms with E-state index in [-0.39, 0.29) is 5.92 Å². The van der Waals surface area contributed by atoms with Gasteiger partial charge in [0.15, 0.2) is 0 Å². The van der Waals surface area contributed by atoms with Gasteiger partial charge in [0.05, 0.1) is 0 Å². The second-order valence-electron chi connectivity index (χ2n) is 5.73. The van der Waals surface area contributed by atoms with Crippen molar-refractivity contribution in [3.05, 3.63) is 0 Å². The number of amides is 1. The normalized spacial score (nSPS) is 18.3. The topological polar surface area (TPSA) is 35.6 Å². The molecular weight excluding hydrogens is 226 g/mol. The number of carbonyl (C=O) groups is 1. The Balaban J connectivity index is 2.60. The average Bonchev–Trinajstić information content (AvgIpc) is 2.82. The van der Waals surface area contributed by atoms with E-state index in [1.54, 1.807) is 0 Å². The number of rotatable bonds is 7. The number of hydrogen-bond donors (Lipinski definition) is 1. The van der Waals surface area contributed by atoms with Crippen LogP contribution in [-0.2, 0) is 4.79 Å². The van der Waals surface area contributed by atoms with Crippen LogP contribution in [0.2, 0.25) is 0 Å². The molecule has 0 aromatic heterocycles.